The zero-order valence-electron chi connectivity index (χ0n) is 11.6. The SMILES string of the molecule is CC(C)Oc1ccc(N(C)C(C)(C)C(=O)O)cc1. The van der Waals surface area contributed by atoms with Crippen LogP contribution >= 0.6 is 0 Å². The quantitative estimate of drug-likeness (QED) is 0.874. The minimum Gasteiger partial charge on any atom is -0.491 e. The van der Waals surface area contributed by atoms with E-state index in [2.05, 4.69) is 0 Å². The highest BCUT2D eigenvalue weighted by Crippen LogP contribution is 2.25. The van der Waals surface area contributed by atoms with Crippen LogP contribution in [0.4, 0.5) is 5.69 Å². The molecule has 1 rings (SSSR count). The first kappa shape index (κ1) is 14.4. The van der Waals surface area contributed by atoms with Gasteiger partial charge in [0.05, 0.1) is 6.10 Å². The normalized spacial score (nSPS) is 11.4. The number of likely N-dealkylation sites (N-methyl/N-ethyl adjacent to an activating group) is 1. The van der Waals surface area contributed by atoms with Crippen molar-refractivity contribution in [1.82, 2.24) is 0 Å². The summed E-state index contributed by atoms with van der Waals surface area (Å²) < 4.78 is 5.55. The highest BCUT2D eigenvalue weighted by molar-refractivity contribution is 5.82. The minimum atomic E-state index is -0.944. The Morgan fingerprint density at radius 3 is 2.17 bits per heavy atom. The molecule has 0 unspecified atom stereocenters. The van der Waals surface area contributed by atoms with Crippen LogP contribution in [0.25, 0.3) is 0 Å². The first-order valence-corrected chi connectivity index (χ1v) is 5.99. The van der Waals surface area contributed by atoms with Crippen molar-refractivity contribution in [3.05, 3.63) is 24.3 Å². The maximum Gasteiger partial charge on any atom is 0.328 e. The lowest BCUT2D eigenvalue weighted by Gasteiger charge is -2.33. The van der Waals surface area contributed by atoms with Crippen LogP contribution in [0.15, 0.2) is 24.3 Å². The molecule has 0 atom stereocenters. The van der Waals surface area contributed by atoms with Crippen LogP contribution in [-0.4, -0.2) is 29.8 Å². The minimum absolute atomic E-state index is 0.129. The topological polar surface area (TPSA) is 49.8 Å². The summed E-state index contributed by atoms with van der Waals surface area (Å²) in [5.74, 6) is -0.0669. The fourth-order valence-corrected chi connectivity index (χ4v) is 1.49. The maximum absolute atomic E-state index is 11.2. The number of carboxylic acids is 1. The fraction of sp³-hybridized carbons (Fsp3) is 0.500. The highest BCUT2D eigenvalue weighted by atomic mass is 16.5. The van der Waals surface area contributed by atoms with E-state index in [-0.39, 0.29) is 6.10 Å². The Hall–Kier alpha value is -1.71. The molecule has 0 saturated heterocycles. The molecule has 0 aliphatic carbocycles. The third kappa shape index (κ3) is 3.15. The molecule has 1 aromatic rings. The summed E-state index contributed by atoms with van der Waals surface area (Å²) in [4.78, 5) is 12.9. The molecule has 0 aromatic heterocycles. The number of carboxylic acid groups (broad SMARTS) is 1. The van der Waals surface area contributed by atoms with Crippen molar-refractivity contribution >= 4 is 11.7 Å². The van der Waals surface area contributed by atoms with Gasteiger partial charge in [-0.1, -0.05) is 0 Å². The monoisotopic (exact) mass is 251 g/mol. The molecule has 0 saturated carbocycles. The molecule has 0 bridgehead atoms. The molecule has 0 aliphatic heterocycles. The first-order chi connectivity index (χ1) is 8.25. The average molecular weight is 251 g/mol. The van der Waals surface area contributed by atoms with E-state index in [1.54, 1.807) is 25.8 Å². The molecular weight excluding hydrogens is 230 g/mol. The van der Waals surface area contributed by atoms with Crippen molar-refractivity contribution in [1.29, 1.82) is 0 Å². The Kier molecular flexibility index (Phi) is 4.22. The molecule has 0 fully saturated rings. The van der Waals surface area contributed by atoms with Crippen LogP contribution in [0.5, 0.6) is 5.75 Å². The van der Waals surface area contributed by atoms with Crippen LogP contribution in [0.3, 0.4) is 0 Å². The molecule has 100 valence electrons. The van der Waals surface area contributed by atoms with E-state index >= 15 is 0 Å². The second-order valence-electron chi connectivity index (χ2n) is 5.08. The van der Waals surface area contributed by atoms with Crippen LogP contribution < -0.4 is 9.64 Å². The van der Waals surface area contributed by atoms with Crippen LogP contribution in [0, 0.1) is 0 Å². The van der Waals surface area contributed by atoms with Crippen LogP contribution in [-0.2, 0) is 4.79 Å². The van der Waals surface area contributed by atoms with Gasteiger partial charge in [0, 0.05) is 12.7 Å². The predicted molar refractivity (Wildman–Crippen MR) is 72.3 cm³/mol. The molecular formula is C14H21NO3. The first-order valence-electron chi connectivity index (χ1n) is 5.99. The van der Waals surface area contributed by atoms with Gasteiger partial charge < -0.3 is 14.7 Å². The molecule has 0 aliphatic rings. The molecule has 1 aromatic carbocycles. The van der Waals surface area contributed by atoms with Gasteiger partial charge >= 0.3 is 5.97 Å². The van der Waals surface area contributed by atoms with Gasteiger partial charge in [0.2, 0.25) is 0 Å². The number of anilines is 1. The van der Waals surface area contributed by atoms with Gasteiger partial charge in [-0.3, -0.25) is 0 Å². The predicted octanol–water partition coefficient (Wildman–Crippen LogP) is 2.77. The molecule has 0 spiro atoms. The van der Waals surface area contributed by atoms with Crippen molar-refractivity contribution < 1.29 is 14.6 Å². The van der Waals surface area contributed by atoms with Gasteiger partial charge in [-0.05, 0) is 52.0 Å². The van der Waals surface area contributed by atoms with Crippen LogP contribution in [0.1, 0.15) is 27.7 Å². The van der Waals surface area contributed by atoms with E-state index in [0.29, 0.717) is 0 Å². The van der Waals surface area contributed by atoms with Crippen LogP contribution in [0.2, 0.25) is 0 Å². The van der Waals surface area contributed by atoms with E-state index in [4.69, 9.17) is 4.74 Å². The standard InChI is InChI=1S/C14H21NO3/c1-10(2)18-12-8-6-11(7-9-12)15(5)14(3,4)13(16)17/h6-10H,1-5H3,(H,16,17). The van der Waals surface area contributed by atoms with Gasteiger partial charge in [0.25, 0.3) is 0 Å². The second-order valence-corrected chi connectivity index (χ2v) is 5.08. The Morgan fingerprint density at radius 1 is 1.28 bits per heavy atom. The second kappa shape index (κ2) is 5.29. The Bertz CT molecular complexity index is 410. The lowest BCUT2D eigenvalue weighted by molar-refractivity contribution is -0.142. The van der Waals surface area contributed by atoms with Gasteiger partial charge in [-0.25, -0.2) is 4.79 Å². The van der Waals surface area contributed by atoms with Gasteiger partial charge in [0.15, 0.2) is 0 Å². The van der Waals surface area contributed by atoms with Gasteiger partial charge in [0.1, 0.15) is 11.3 Å². The van der Waals surface area contributed by atoms with Crippen molar-refractivity contribution in [3.8, 4) is 5.75 Å². The number of hydrogen-bond donors (Lipinski definition) is 1. The summed E-state index contributed by atoms with van der Waals surface area (Å²) in [6.45, 7) is 7.28. The Morgan fingerprint density at radius 2 is 1.78 bits per heavy atom. The maximum atomic E-state index is 11.2. The molecule has 0 amide bonds. The molecule has 0 heterocycles. The Labute approximate surface area is 108 Å². The number of ether oxygens (including phenoxy) is 1. The van der Waals surface area contributed by atoms with Crippen molar-refractivity contribution in [3.63, 3.8) is 0 Å². The molecule has 1 N–H and O–H groups in total. The van der Waals surface area contributed by atoms with Gasteiger partial charge in [-0.2, -0.15) is 0 Å². The third-order valence-corrected chi connectivity index (χ3v) is 2.96. The number of rotatable bonds is 5. The highest BCUT2D eigenvalue weighted by Gasteiger charge is 2.32. The molecule has 4 nitrogen and oxygen atoms in total. The van der Waals surface area contributed by atoms with Crippen molar-refractivity contribution in [2.24, 2.45) is 0 Å². The summed E-state index contributed by atoms with van der Waals surface area (Å²) in [7, 11) is 1.77. The molecule has 4 heteroatoms. The van der Waals surface area contributed by atoms with E-state index in [1.165, 1.54) is 0 Å². The molecule has 0 radical (unpaired) electrons. The summed E-state index contributed by atoms with van der Waals surface area (Å²) in [5.41, 5.74) is -0.0982. The largest absolute Gasteiger partial charge is 0.491 e. The smallest absolute Gasteiger partial charge is 0.328 e. The summed E-state index contributed by atoms with van der Waals surface area (Å²) in [5, 5.41) is 9.18. The number of aliphatic carboxylic acids is 1. The lowest BCUT2D eigenvalue weighted by atomic mass is 10.0. The summed E-state index contributed by atoms with van der Waals surface area (Å²) in [6.07, 6.45) is 0.129. The Balaban J connectivity index is 2.88. The lowest BCUT2D eigenvalue weighted by Crippen LogP contribution is -2.48. The number of nitrogens with zero attached hydrogens (tertiary/aromatic N) is 1. The van der Waals surface area contributed by atoms with E-state index in [1.807, 2.05) is 38.1 Å². The third-order valence-electron chi connectivity index (χ3n) is 2.96. The zero-order chi connectivity index (χ0) is 13.9. The zero-order valence-corrected chi connectivity index (χ0v) is 11.6. The summed E-state index contributed by atoms with van der Waals surface area (Å²) >= 11 is 0. The molecule has 18 heavy (non-hydrogen) atoms. The van der Waals surface area contributed by atoms with Gasteiger partial charge in [-0.15, -0.1) is 0 Å². The van der Waals surface area contributed by atoms with Crippen molar-refractivity contribution in [2.75, 3.05) is 11.9 Å². The number of benzene rings is 1. The van der Waals surface area contributed by atoms with Crippen molar-refractivity contribution in [2.45, 2.75) is 39.3 Å². The average Bonchev–Trinajstić information content (AvgIpc) is 2.28. The number of hydrogen-bond acceptors (Lipinski definition) is 3. The van der Waals surface area contributed by atoms with E-state index in [9.17, 15) is 9.90 Å². The fourth-order valence-electron chi connectivity index (χ4n) is 1.49. The summed E-state index contributed by atoms with van der Waals surface area (Å²) in [6, 6.07) is 7.43. The van der Waals surface area contributed by atoms with E-state index in [0.717, 1.165) is 11.4 Å². The number of carbonyl (C=O) groups is 1. The van der Waals surface area contributed by atoms with E-state index < -0.39 is 11.5 Å².